The van der Waals surface area contributed by atoms with Gasteiger partial charge < -0.3 is 5.73 Å². The molecule has 0 amide bonds. The molecule has 0 aliphatic carbocycles. The summed E-state index contributed by atoms with van der Waals surface area (Å²) in [6, 6.07) is 22.9. The Morgan fingerprint density at radius 1 is 0.857 bits per heavy atom. The molecule has 2 heteroatoms. The Labute approximate surface area is 130 Å². The van der Waals surface area contributed by atoms with Crippen molar-refractivity contribution in [2.75, 3.05) is 6.54 Å². The minimum absolute atomic E-state index is 0.274. The molecular weight excluding hydrogens is 278 g/mol. The fourth-order valence-corrected chi connectivity index (χ4v) is 3.07. The SMILES string of the molecule is NCC(Cc1ccccc1Cl)c1cccc2ccccc12. The van der Waals surface area contributed by atoms with E-state index in [1.807, 2.05) is 18.2 Å². The molecule has 0 fully saturated rings. The molecule has 1 nitrogen and oxygen atoms in total. The molecule has 0 bridgehead atoms. The number of nitrogens with two attached hydrogens (primary N) is 1. The van der Waals surface area contributed by atoms with Crippen LogP contribution in [0.5, 0.6) is 0 Å². The largest absolute Gasteiger partial charge is 0.330 e. The van der Waals surface area contributed by atoms with Crippen molar-refractivity contribution < 1.29 is 0 Å². The maximum Gasteiger partial charge on any atom is 0.0438 e. The molecule has 0 saturated heterocycles. The second-order valence-electron chi connectivity index (χ2n) is 5.30. The van der Waals surface area contributed by atoms with Gasteiger partial charge in [0.25, 0.3) is 0 Å². The van der Waals surface area contributed by atoms with E-state index < -0.39 is 0 Å². The number of benzene rings is 3. The highest BCUT2D eigenvalue weighted by atomic mass is 35.5. The quantitative estimate of drug-likeness (QED) is 0.736. The van der Waals surface area contributed by atoms with Crippen molar-refractivity contribution in [3.8, 4) is 0 Å². The van der Waals surface area contributed by atoms with Gasteiger partial charge in [-0.05, 0) is 40.9 Å². The summed E-state index contributed by atoms with van der Waals surface area (Å²) in [6.07, 6.45) is 0.865. The van der Waals surface area contributed by atoms with Crippen LogP contribution in [0.15, 0.2) is 66.7 Å². The van der Waals surface area contributed by atoms with Gasteiger partial charge in [-0.25, -0.2) is 0 Å². The van der Waals surface area contributed by atoms with Crippen molar-refractivity contribution >= 4 is 22.4 Å². The van der Waals surface area contributed by atoms with Crippen LogP contribution >= 0.6 is 11.6 Å². The molecule has 21 heavy (non-hydrogen) atoms. The molecule has 0 saturated carbocycles. The van der Waals surface area contributed by atoms with Crippen LogP contribution in [-0.4, -0.2) is 6.54 Å². The predicted molar refractivity (Wildman–Crippen MR) is 90.9 cm³/mol. The minimum Gasteiger partial charge on any atom is -0.330 e. The van der Waals surface area contributed by atoms with Crippen molar-refractivity contribution in [3.63, 3.8) is 0 Å². The summed E-state index contributed by atoms with van der Waals surface area (Å²) in [6.45, 7) is 0.610. The summed E-state index contributed by atoms with van der Waals surface area (Å²) in [5.74, 6) is 0.274. The summed E-state index contributed by atoms with van der Waals surface area (Å²) in [4.78, 5) is 0. The monoisotopic (exact) mass is 295 g/mol. The molecule has 1 atom stereocenters. The minimum atomic E-state index is 0.274. The summed E-state index contributed by atoms with van der Waals surface area (Å²) >= 11 is 6.29. The highest BCUT2D eigenvalue weighted by Gasteiger charge is 2.14. The Hall–Kier alpha value is -1.83. The van der Waals surface area contributed by atoms with Gasteiger partial charge in [-0.2, -0.15) is 0 Å². The highest BCUT2D eigenvalue weighted by molar-refractivity contribution is 6.31. The van der Waals surface area contributed by atoms with Crippen LogP contribution in [0.3, 0.4) is 0 Å². The lowest BCUT2D eigenvalue weighted by atomic mass is 9.88. The van der Waals surface area contributed by atoms with Gasteiger partial charge in [0.15, 0.2) is 0 Å². The lowest BCUT2D eigenvalue weighted by molar-refractivity contribution is 0.700. The maximum absolute atomic E-state index is 6.29. The Morgan fingerprint density at radius 2 is 1.57 bits per heavy atom. The standard InChI is InChI=1S/C19H18ClN/c20-19-11-4-2-7-15(19)12-16(13-21)18-10-5-8-14-6-1-3-9-17(14)18/h1-11,16H,12-13,21H2. The van der Waals surface area contributed by atoms with Crippen LogP contribution in [0.2, 0.25) is 5.02 Å². The first kappa shape index (κ1) is 14.1. The first-order valence-corrected chi connectivity index (χ1v) is 7.58. The van der Waals surface area contributed by atoms with E-state index in [1.54, 1.807) is 0 Å². The Bertz CT molecular complexity index is 746. The summed E-state index contributed by atoms with van der Waals surface area (Å²) < 4.78 is 0. The molecule has 1 unspecified atom stereocenters. The van der Waals surface area contributed by atoms with Gasteiger partial charge in [-0.1, -0.05) is 72.3 Å². The number of fused-ring (bicyclic) bond motifs is 1. The van der Waals surface area contributed by atoms with Gasteiger partial charge in [-0.15, -0.1) is 0 Å². The van der Waals surface area contributed by atoms with Gasteiger partial charge in [-0.3, -0.25) is 0 Å². The smallest absolute Gasteiger partial charge is 0.0438 e. The molecule has 2 N–H and O–H groups in total. The lowest BCUT2D eigenvalue weighted by Crippen LogP contribution is -2.15. The zero-order valence-corrected chi connectivity index (χ0v) is 12.6. The van der Waals surface area contributed by atoms with Crippen LogP contribution in [0.1, 0.15) is 17.0 Å². The molecular formula is C19H18ClN. The summed E-state index contributed by atoms with van der Waals surface area (Å²) in [5.41, 5.74) is 8.51. The normalized spacial score (nSPS) is 12.5. The Balaban J connectivity index is 2.01. The van der Waals surface area contributed by atoms with Crippen molar-refractivity contribution in [3.05, 3.63) is 82.9 Å². The summed E-state index contributed by atoms with van der Waals surface area (Å²) in [7, 11) is 0. The van der Waals surface area contributed by atoms with Crippen LogP contribution in [-0.2, 0) is 6.42 Å². The summed E-state index contributed by atoms with van der Waals surface area (Å²) in [5, 5.41) is 3.35. The molecule has 0 heterocycles. The Morgan fingerprint density at radius 3 is 2.38 bits per heavy atom. The van der Waals surface area contributed by atoms with Gasteiger partial charge in [0.05, 0.1) is 0 Å². The first-order valence-electron chi connectivity index (χ1n) is 7.20. The van der Waals surface area contributed by atoms with Crippen molar-refractivity contribution in [1.82, 2.24) is 0 Å². The van der Waals surface area contributed by atoms with Crippen LogP contribution in [0.25, 0.3) is 10.8 Å². The topological polar surface area (TPSA) is 26.0 Å². The fraction of sp³-hybridized carbons (Fsp3) is 0.158. The number of rotatable bonds is 4. The van der Waals surface area contributed by atoms with Crippen LogP contribution < -0.4 is 5.73 Å². The molecule has 0 aliphatic rings. The van der Waals surface area contributed by atoms with E-state index in [0.717, 1.165) is 17.0 Å². The molecule has 3 aromatic rings. The maximum atomic E-state index is 6.29. The van der Waals surface area contributed by atoms with E-state index in [9.17, 15) is 0 Å². The third-order valence-corrected chi connectivity index (χ3v) is 4.34. The first-order chi connectivity index (χ1) is 10.3. The number of hydrogen-bond acceptors (Lipinski definition) is 1. The van der Waals surface area contributed by atoms with Gasteiger partial charge in [0.2, 0.25) is 0 Å². The molecule has 0 aromatic heterocycles. The average Bonchev–Trinajstić information content (AvgIpc) is 2.54. The lowest BCUT2D eigenvalue weighted by Gasteiger charge is -2.18. The third-order valence-electron chi connectivity index (χ3n) is 3.97. The fourth-order valence-electron chi connectivity index (χ4n) is 2.86. The number of halogens is 1. The molecule has 3 rings (SSSR count). The van der Waals surface area contributed by atoms with E-state index in [0.29, 0.717) is 6.54 Å². The highest BCUT2D eigenvalue weighted by Crippen LogP contribution is 2.29. The Kier molecular flexibility index (Phi) is 4.23. The molecule has 0 aliphatic heterocycles. The van der Waals surface area contributed by atoms with Gasteiger partial charge in [0, 0.05) is 10.9 Å². The van der Waals surface area contributed by atoms with Crippen molar-refractivity contribution in [2.45, 2.75) is 12.3 Å². The van der Waals surface area contributed by atoms with Gasteiger partial charge in [0.1, 0.15) is 0 Å². The van der Waals surface area contributed by atoms with E-state index >= 15 is 0 Å². The molecule has 0 radical (unpaired) electrons. The van der Waals surface area contributed by atoms with E-state index in [-0.39, 0.29) is 5.92 Å². The third kappa shape index (κ3) is 2.94. The van der Waals surface area contributed by atoms with E-state index in [4.69, 9.17) is 17.3 Å². The number of hydrogen-bond donors (Lipinski definition) is 1. The second-order valence-corrected chi connectivity index (χ2v) is 5.70. The van der Waals surface area contributed by atoms with E-state index in [1.165, 1.54) is 16.3 Å². The van der Waals surface area contributed by atoms with Crippen molar-refractivity contribution in [2.24, 2.45) is 5.73 Å². The molecule has 0 spiro atoms. The predicted octanol–water partition coefficient (Wildman–Crippen LogP) is 4.78. The average molecular weight is 296 g/mol. The zero-order valence-electron chi connectivity index (χ0n) is 11.8. The van der Waals surface area contributed by atoms with E-state index in [2.05, 4.69) is 48.5 Å². The molecule has 106 valence electrons. The van der Waals surface area contributed by atoms with Crippen LogP contribution in [0, 0.1) is 0 Å². The van der Waals surface area contributed by atoms with Gasteiger partial charge >= 0.3 is 0 Å². The second kappa shape index (κ2) is 6.30. The zero-order chi connectivity index (χ0) is 14.7. The molecule has 3 aromatic carbocycles. The van der Waals surface area contributed by atoms with Crippen LogP contribution in [0.4, 0.5) is 0 Å². The van der Waals surface area contributed by atoms with Crippen molar-refractivity contribution in [1.29, 1.82) is 0 Å².